The summed E-state index contributed by atoms with van der Waals surface area (Å²) < 4.78 is 10.7. The number of halogens is 1. The maximum Gasteiger partial charge on any atom is 0.326 e. The first-order valence-corrected chi connectivity index (χ1v) is 10.9. The summed E-state index contributed by atoms with van der Waals surface area (Å²) in [5.41, 5.74) is 1.74. The third kappa shape index (κ3) is 5.69. The van der Waals surface area contributed by atoms with Crippen molar-refractivity contribution in [1.29, 1.82) is 0 Å². The molecule has 0 bridgehead atoms. The van der Waals surface area contributed by atoms with Crippen LogP contribution in [-0.2, 0) is 25.5 Å². The average molecular weight is 443 g/mol. The van der Waals surface area contributed by atoms with Crippen molar-refractivity contribution in [3.8, 4) is 11.1 Å². The summed E-state index contributed by atoms with van der Waals surface area (Å²) in [5, 5.41) is 10.7. The third-order valence-electron chi connectivity index (χ3n) is 5.59. The zero-order valence-electron chi connectivity index (χ0n) is 18.4. The van der Waals surface area contributed by atoms with Crippen LogP contribution < -0.4 is 0 Å². The lowest BCUT2D eigenvalue weighted by molar-refractivity contribution is -0.250. The van der Waals surface area contributed by atoms with Crippen LogP contribution in [0.1, 0.15) is 32.8 Å². The number of hydrogen-bond acceptors (Lipinski definition) is 5. The van der Waals surface area contributed by atoms with E-state index in [1.807, 2.05) is 48.5 Å². The van der Waals surface area contributed by atoms with Gasteiger partial charge in [-0.2, -0.15) is 0 Å². The number of rotatable bonds is 7. The summed E-state index contributed by atoms with van der Waals surface area (Å²) in [6.07, 6.45) is 1.30. The Hall–Kier alpha value is -2.31. The fraction of sp³-hybridized carbons (Fsp3) is 0.417. The summed E-state index contributed by atoms with van der Waals surface area (Å²) in [5.74, 6) is -2.53. The molecule has 0 saturated carbocycles. The maximum atomic E-state index is 12.6. The van der Waals surface area contributed by atoms with E-state index < -0.39 is 30.1 Å². The molecule has 0 spiro atoms. The van der Waals surface area contributed by atoms with Crippen molar-refractivity contribution in [2.75, 3.05) is 0 Å². The van der Waals surface area contributed by atoms with Crippen LogP contribution in [0.4, 0.5) is 0 Å². The zero-order chi connectivity index (χ0) is 22.8. The molecule has 7 heteroatoms. The lowest BCUT2D eigenvalue weighted by Gasteiger charge is -2.39. The molecule has 1 N–H and O–H groups in total. The molecule has 3 rings (SSSR count). The Bertz CT molecular complexity index is 935. The van der Waals surface area contributed by atoms with Crippen molar-refractivity contribution in [2.45, 2.75) is 52.5 Å². The molecule has 0 amide bonds. The van der Waals surface area contributed by atoms with Gasteiger partial charge < -0.3 is 14.5 Å². The predicted octanol–water partition coefficient (Wildman–Crippen LogP) is 5.01. The van der Waals surface area contributed by atoms with Gasteiger partial charge in [0.05, 0.1) is 0 Å². The Morgan fingerprint density at radius 3 is 2.16 bits per heavy atom. The van der Waals surface area contributed by atoms with Crippen molar-refractivity contribution in [1.82, 2.24) is 0 Å². The van der Waals surface area contributed by atoms with E-state index in [1.54, 1.807) is 13.7 Å². The smallest absolute Gasteiger partial charge is 0.326 e. The molecule has 1 saturated heterocycles. The van der Waals surface area contributed by atoms with E-state index >= 15 is 0 Å². The fourth-order valence-electron chi connectivity index (χ4n) is 4.08. The van der Waals surface area contributed by atoms with Crippen molar-refractivity contribution >= 4 is 30.5 Å². The van der Waals surface area contributed by atoms with Gasteiger partial charge in [0.15, 0.2) is 5.41 Å². The highest BCUT2D eigenvalue weighted by Gasteiger charge is 2.53. The lowest BCUT2D eigenvalue weighted by atomic mass is 9.60. The van der Waals surface area contributed by atoms with E-state index in [0.29, 0.717) is 17.8 Å². The van der Waals surface area contributed by atoms with Crippen molar-refractivity contribution in [3.63, 3.8) is 0 Å². The number of ether oxygens (including phenoxy) is 2. The van der Waals surface area contributed by atoms with Crippen LogP contribution in [0.15, 0.2) is 48.5 Å². The third-order valence-corrected chi connectivity index (χ3v) is 5.82. The van der Waals surface area contributed by atoms with E-state index in [-0.39, 0.29) is 12.3 Å². The molecular weight excluding hydrogens is 415 g/mol. The largest absolute Gasteiger partial charge is 0.451 e. The molecule has 1 atom stereocenters. The van der Waals surface area contributed by atoms with Crippen LogP contribution in [0.2, 0.25) is 18.2 Å². The number of esters is 2. The Morgan fingerprint density at radius 2 is 1.61 bits per heavy atom. The molecule has 5 nitrogen and oxygen atoms in total. The number of cyclic esters (lactones) is 2. The number of benzene rings is 2. The van der Waals surface area contributed by atoms with Crippen LogP contribution in [-0.4, -0.2) is 29.7 Å². The molecule has 1 aliphatic rings. The first-order chi connectivity index (χ1) is 14.5. The van der Waals surface area contributed by atoms with E-state index in [2.05, 4.69) is 0 Å². The van der Waals surface area contributed by atoms with Crippen LogP contribution >= 0.6 is 11.6 Å². The van der Waals surface area contributed by atoms with Gasteiger partial charge in [0.25, 0.3) is 12.7 Å². The predicted molar refractivity (Wildman–Crippen MR) is 122 cm³/mol. The highest BCUT2D eigenvalue weighted by Crippen LogP contribution is 2.39. The normalized spacial score (nSPS) is 18.1. The van der Waals surface area contributed by atoms with Gasteiger partial charge in [-0.05, 0) is 60.8 Å². The highest BCUT2D eigenvalue weighted by molar-refractivity contribution is 6.48. The second-order valence-electron chi connectivity index (χ2n) is 9.08. The Balaban J connectivity index is 1.77. The van der Waals surface area contributed by atoms with Gasteiger partial charge in [-0.3, -0.25) is 9.59 Å². The minimum absolute atomic E-state index is 0.108. The minimum atomic E-state index is -1.39. The summed E-state index contributed by atoms with van der Waals surface area (Å²) >= 11 is 6.09. The molecule has 0 radical (unpaired) electrons. The van der Waals surface area contributed by atoms with E-state index in [4.69, 9.17) is 21.1 Å². The Kier molecular flexibility index (Phi) is 6.82. The fourth-order valence-corrected chi connectivity index (χ4v) is 4.27. The topological polar surface area (TPSA) is 72.8 Å². The molecule has 2 aromatic carbocycles. The van der Waals surface area contributed by atoms with Gasteiger partial charge in [-0.1, -0.05) is 54.8 Å². The van der Waals surface area contributed by atoms with Crippen molar-refractivity contribution < 1.29 is 24.1 Å². The van der Waals surface area contributed by atoms with Gasteiger partial charge in [0.1, 0.15) is 0 Å². The lowest BCUT2D eigenvalue weighted by Crippen LogP contribution is -2.53. The first-order valence-electron chi connectivity index (χ1n) is 10.5. The van der Waals surface area contributed by atoms with Crippen LogP contribution in [0, 0.1) is 11.3 Å². The number of carbonyl (C=O) groups is 2. The first kappa shape index (κ1) is 23.4. The molecular formula is C24H28BClO5. The number of carbonyl (C=O) groups excluding carboxylic acids is 2. The molecule has 2 aromatic rings. The SMILES string of the molecule is CB(O)C[C@H](Cc1ccc(-c2cccc(Cl)c2)cc1)CC1(C)C(=O)OC(C)(C)OC1=O. The number of hydrogen-bond donors (Lipinski definition) is 1. The molecule has 164 valence electrons. The van der Waals surface area contributed by atoms with Crippen LogP contribution in [0.5, 0.6) is 0 Å². The van der Waals surface area contributed by atoms with Crippen molar-refractivity contribution in [2.24, 2.45) is 11.3 Å². The van der Waals surface area contributed by atoms with E-state index in [1.165, 1.54) is 13.8 Å². The average Bonchev–Trinajstić information content (AvgIpc) is 2.66. The Labute approximate surface area is 188 Å². The Morgan fingerprint density at radius 1 is 1.00 bits per heavy atom. The quantitative estimate of drug-likeness (QED) is 0.370. The summed E-state index contributed by atoms with van der Waals surface area (Å²) in [4.78, 5) is 25.3. The van der Waals surface area contributed by atoms with E-state index in [0.717, 1.165) is 16.7 Å². The van der Waals surface area contributed by atoms with Gasteiger partial charge >= 0.3 is 11.9 Å². The summed E-state index contributed by atoms with van der Waals surface area (Å²) in [6.45, 7) is 5.78. The molecule has 0 aliphatic carbocycles. The molecule has 1 aliphatic heterocycles. The zero-order valence-corrected chi connectivity index (χ0v) is 19.1. The molecule has 31 heavy (non-hydrogen) atoms. The second kappa shape index (κ2) is 9.05. The van der Waals surface area contributed by atoms with Crippen LogP contribution in [0.25, 0.3) is 11.1 Å². The standard InChI is InChI=1S/C24H28BClO5/c1-23(2)30-21(27)24(3,22(28)31-23)14-17(15-25(4)29)12-16-8-10-18(11-9-16)19-6-5-7-20(26)13-19/h5-11,13,17,29H,12,14-15H2,1-4H3/t17-/m1/s1. The van der Waals surface area contributed by atoms with Gasteiger partial charge in [0, 0.05) is 18.9 Å². The summed E-state index contributed by atoms with van der Waals surface area (Å²) in [7, 11) is 0. The van der Waals surface area contributed by atoms with E-state index in [9.17, 15) is 14.6 Å². The maximum absolute atomic E-state index is 12.6. The van der Waals surface area contributed by atoms with Crippen LogP contribution in [0.3, 0.4) is 0 Å². The molecule has 0 unspecified atom stereocenters. The van der Waals surface area contributed by atoms with Gasteiger partial charge in [-0.15, -0.1) is 0 Å². The van der Waals surface area contributed by atoms with Crippen molar-refractivity contribution in [3.05, 3.63) is 59.1 Å². The minimum Gasteiger partial charge on any atom is -0.451 e. The molecule has 1 fully saturated rings. The molecule has 1 heterocycles. The second-order valence-corrected chi connectivity index (χ2v) is 9.51. The molecule has 0 aromatic heterocycles. The van der Waals surface area contributed by atoms with Gasteiger partial charge in [0.2, 0.25) is 0 Å². The highest BCUT2D eigenvalue weighted by atomic mass is 35.5. The summed E-state index contributed by atoms with van der Waals surface area (Å²) in [6, 6.07) is 15.7. The van der Waals surface area contributed by atoms with Gasteiger partial charge in [-0.25, -0.2) is 0 Å². The monoisotopic (exact) mass is 442 g/mol.